The number of amides is 3. The number of cyclic esters (lactones) is 1. The average molecular weight is 500 g/mol. The van der Waals surface area contributed by atoms with Gasteiger partial charge in [0.15, 0.2) is 0 Å². The fraction of sp³-hybridized carbons (Fsp3) is 0.519. The van der Waals surface area contributed by atoms with E-state index in [9.17, 15) is 24.3 Å². The van der Waals surface area contributed by atoms with Gasteiger partial charge in [-0.05, 0) is 37.2 Å². The summed E-state index contributed by atoms with van der Waals surface area (Å²) in [6.45, 7) is 3.76. The molecule has 1 aliphatic heterocycles. The summed E-state index contributed by atoms with van der Waals surface area (Å²) < 4.78 is 5.69. The largest absolute Gasteiger partial charge is 0.477 e. The van der Waals surface area contributed by atoms with Crippen LogP contribution in [0.4, 0.5) is 4.79 Å². The van der Waals surface area contributed by atoms with Crippen LogP contribution in [0.2, 0.25) is 0 Å². The third kappa shape index (κ3) is 9.64. The van der Waals surface area contributed by atoms with Gasteiger partial charge in [0, 0.05) is 32.9 Å². The van der Waals surface area contributed by atoms with Gasteiger partial charge >= 0.3 is 12.1 Å². The monoisotopic (exact) mass is 499 g/mol. The predicted octanol–water partition coefficient (Wildman–Crippen LogP) is 3.63. The molecule has 2 rings (SSSR count). The Morgan fingerprint density at radius 2 is 1.86 bits per heavy atom. The first-order valence-corrected chi connectivity index (χ1v) is 12.3. The number of carboxylic acids is 1. The van der Waals surface area contributed by atoms with Gasteiger partial charge in [-0.15, -0.1) is 0 Å². The van der Waals surface area contributed by atoms with Gasteiger partial charge in [0.1, 0.15) is 17.9 Å². The van der Waals surface area contributed by atoms with Gasteiger partial charge < -0.3 is 20.1 Å². The first kappa shape index (κ1) is 28.7. The summed E-state index contributed by atoms with van der Waals surface area (Å²) in [7, 11) is 3.20. The van der Waals surface area contributed by atoms with Crippen LogP contribution in [0.5, 0.6) is 0 Å². The van der Waals surface area contributed by atoms with E-state index in [1.165, 1.54) is 4.90 Å². The molecule has 0 aromatic heterocycles. The van der Waals surface area contributed by atoms with E-state index >= 15 is 0 Å². The molecule has 36 heavy (non-hydrogen) atoms. The van der Waals surface area contributed by atoms with Crippen molar-refractivity contribution in [2.45, 2.75) is 64.5 Å². The number of hydrogen-bond donors (Lipinski definition) is 2. The van der Waals surface area contributed by atoms with Crippen LogP contribution in [0, 0.1) is 11.8 Å². The van der Waals surface area contributed by atoms with Crippen LogP contribution in [0.15, 0.2) is 47.5 Å². The van der Waals surface area contributed by atoms with Gasteiger partial charge in [0.25, 0.3) is 5.91 Å². The molecular weight excluding hydrogens is 462 g/mol. The summed E-state index contributed by atoms with van der Waals surface area (Å²) in [4.78, 5) is 55.7. The maximum atomic E-state index is 13.0. The zero-order valence-electron chi connectivity index (χ0n) is 21.5. The molecule has 0 radical (unpaired) electrons. The number of benzene rings is 1. The molecule has 9 heteroatoms. The van der Waals surface area contributed by atoms with Crippen LogP contribution in [0.3, 0.4) is 0 Å². The SMILES string of the molecule is CC(C)C[C@@H]1NC(=O)OC(Cc2ccccc2)CC/C=C/CC(C(=O)N(C)C)C/C(C(=O)O)=N/C1=O. The Labute approximate surface area is 212 Å². The summed E-state index contributed by atoms with van der Waals surface area (Å²) >= 11 is 0. The Morgan fingerprint density at radius 1 is 1.17 bits per heavy atom. The third-order valence-electron chi connectivity index (χ3n) is 5.84. The van der Waals surface area contributed by atoms with Gasteiger partial charge in [-0.2, -0.15) is 0 Å². The number of nitrogens with one attached hydrogen (secondary N) is 1. The van der Waals surface area contributed by atoms with Crippen molar-refractivity contribution in [3.05, 3.63) is 48.0 Å². The Balaban J connectivity index is 2.39. The highest BCUT2D eigenvalue weighted by molar-refractivity contribution is 6.37. The third-order valence-corrected chi connectivity index (χ3v) is 5.84. The number of alkyl carbamates (subject to hydrolysis) is 1. The fourth-order valence-electron chi connectivity index (χ4n) is 4.02. The normalized spacial score (nSPS) is 24.4. The number of allylic oxidation sites excluding steroid dienone is 2. The second-order valence-electron chi connectivity index (χ2n) is 9.66. The molecule has 0 fully saturated rings. The number of nitrogens with zero attached hydrogens (tertiary/aromatic N) is 2. The van der Waals surface area contributed by atoms with Gasteiger partial charge in [-0.25, -0.2) is 14.6 Å². The lowest BCUT2D eigenvalue weighted by molar-refractivity contribution is -0.133. The standard InChI is InChI=1S/C27H37N3O6/c1-18(2)15-22-24(31)28-23(26(33)34)17-20(25(32)30(3)4)13-9-6-10-14-21(36-27(35)29-22)16-19-11-7-5-8-12-19/h5-9,11-12,18,20-22H,10,13-17H2,1-4H3,(H,29,35)(H,33,34)/b9-6+,28-23-/t20?,21?,22-/m0/s1. The van der Waals surface area contributed by atoms with Crippen molar-refractivity contribution < 1.29 is 29.0 Å². The highest BCUT2D eigenvalue weighted by Gasteiger charge is 2.29. The molecule has 1 aromatic rings. The molecule has 1 aliphatic rings. The second kappa shape index (κ2) is 14.2. The zero-order chi connectivity index (χ0) is 26.7. The number of carboxylic acid groups (broad SMARTS) is 1. The molecule has 9 nitrogen and oxygen atoms in total. The van der Waals surface area contributed by atoms with Crippen molar-refractivity contribution in [1.82, 2.24) is 10.2 Å². The second-order valence-corrected chi connectivity index (χ2v) is 9.66. The summed E-state index contributed by atoms with van der Waals surface area (Å²) in [5, 5.41) is 12.3. The molecular formula is C27H37N3O6. The molecule has 2 N–H and O–H groups in total. The van der Waals surface area contributed by atoms with E-state index in [-0.39, 0.29) is 24.7 Å². The molecule has 0 aliphatic carbocycles. The Kier molecular flexibility index (Phi) is 11.3. The number of hydrogen-bond acceptors (Lipinski definition) is 5. The van der Waals surface area contributed by atoms with Crippen molar-refractivity contribution in [3.8, 4) is 0 Å². The highest BCUT2D eigenvalue weighted by Crippen LogP contribution is 2.18. The number of aliphatic carboxylic acids is 1. The quantitative estimate of drug-likeness (QED) is 0.576. The summed E-state index contributed by atoms with van der Waals surface area (Å²) in [5.41, 5.74) is 0.605. The first-order valence-electron chi connectivity index (χ1n) is 12.3. The van der Waals surface area contributed by atoms with E-state index in [2.05, 4.69) is 10.3 Å². The minimum Gasteiger partial charge on any atom is -0.477 e. The predicted molar refractivity (Wildman–Crippen MR) is 137 cm³/mol. The number of carbonyl (C=O) groups is 4. The molecule has 0 saturated heterocycles. The van der Waals surface area contributed by atoms with Crippen molar-refractivity contribution in [3.63, 3.8) is 0 Å². The Bertz CT molecular complexity index is 971. The van der Waals surface area contributed by atoms with Crippen molar-refractivity contribution in [2.24, 2.45) is 16.8 Å². The Morgan fingerprint density at radius 3 is 2.47 bits per heavy atom. The molecule has 1 aromatic carbocycles. The van der Waals surface area contributed by atoms with E-state index < -0.39 is 41.7 Å². The van der Waals surface area contributed by atoms with E-state index in [0.29, 0.717) is 25.7 Å². The molecule has 3 amide bonds. The minimum absolute atomic E-state index is 0.0252. The number of rotatable bonds is 6. The van der Waals surface area contributed by atoms with Gasteiger partial charge in [-0.1, -0.05) is 56.3 Å². The molecule has 2 unspecified atom stereocenters. The molecule has 0 saturated carbocycles. The molecule has 3 atom stereocenters. The summed E-state index contributed by atoms with van der Waals surface area (Å²) in [6, 6.07) is 8.61. The van der Waals surface area contributed by atoms with Crippen molar-refractivity contribution in [1.29, 1.82) is 0 Å². The maximum Gasteiger partial charge on any atom is 0.408 e. The van der Waals surface area contributed by atoms with Gasteiger partial charge in [-0.3, -0.25) is 9.59 Å². The minimum atomic E-state index is -1.37. The Hall–Kier alpha value is -3.49. The fourth-order valence-corrected chi connectivity index (χ4v) is 4.02. The molecule has 1 heterocycles. The van der Waals surface area contributed by atoms with Crippen LogP contribution in [0.1, 0.15) is 51.5 Å². The van der Waals surface area contributed by atoms with E-state index in [1.807, 2.05) is 56.3 Å². The van der Waals surface area contributed by atoms with Crippen LogP contribution in [-0.4, -0.2) is 65.8 Å². The van der Waals surface area contributed by atoms with Gasteiger partial charge in [0.05, 0.1) is 0 Å². The lowest BCUT2D eigenvalue weighted by atomic mass is 9.95. The van der Waals surface area contributed by atoms with Crippen molar-refractivity contribution >= 4 is 29.6 Å². The lowest BCUT2D eigenvalue weighted by Gasteiger charge is -2.22. The van der Waals surface area contributed by atoms with E-state index in [4.69, 9.17) is 4.74 Å². The molecule has 0 bridgehead atoms. The van der Waals surface area contributed by atoms with E-state index in [0.717, 1.165) is 5.56 Å². The molecule has 0 spiro atoms. The smallest absolute Gasteiger partial charge is 0.408 e. The van der Waals surface area contributed by atoms with Crippen LogP contribution in [0.25, 0.3) is 0 Å². The van der Waals surface area contributed by atoms with Crippen molar-refractivity contribution in [2.75, 3.05) is 14.1 Å². The lowest BCUT2D eigenvalue weighted by Crippen LogP contribution is -2.43. The summed E-state index contributed by atoms with van der Waals surface area (Å²) in [5.74, 6) is -3.06. The number of ether oxygens (including phenoxy) is 1. The van der Waals surface area contributed by atoms with Crippen LogP contribution < -0.4 is 5.32 Å². The van der Waals surface area contributed by atoms with Crippen LogP contribution >= 0.6 is 0 Å². The van der Waals surface area contributed by atoms with E-state index in [1.54, 1.807) is 14.1 Å². The first-order chi connectivity index (χ1) is 17.1. The number of carbonyl (C=O) groups excluding carboxylic acids is 3. The van der Waals surface area contributed by atoms with Gasteiger partial charge in [0.2, 0.25) is 5.91 Å². The number of aliphatic imine (C=N–C) groups is 1. The average Bonchev–Trinajstić information content (AvgIpc) is 2.81. The zero-order valence-corrected chi connectivity index (χ0v) is 21.5. The summed E-state index contributed by atoms with van der Waals surface area (Å²) in [6.07, 6.45) is 4.56. The van der Waals surface area contributed by atoms with Crippen LogP contribution in [-0.2, 0) is 25.5 Å². The highest BCUT2D eigenvalue weighted by atomic mass is 16.6. The topological polar surface area (TPSA) is 125 Å². The molecule has 196 valence electrons. The maximum absolute atomic E-state index is 13.0.